The van der Waals surface area contributed by atoms with Gasteiger partial charge in [-0.05, 0) is 63.6 Å². The van der Waals surface area contributed by atoms with E-state index in [1.165, 1.54) is 12.1 Å². The van der Waals surface area contributed by atoms with Gasteiger partial charge in [0.15, 0.2) is 0 Å². The minimum atomic E-state index is -3.97. The first-order valence-electron chi connectivity index (χ1n) is 15.9. The normalized spacial score (nSPS) is 11.9. The lowest BCUT2D eigenvalue weighted by molar-refractivity contribution is -0.777. The van der Waals surface area contributed by atoms with Gasteiger partial charge < -0.3 is 34.5 Å². The van der Waals surface area contributed by atoms with Crippen LogP contribution in [0.5, 0.6) is 0 Å². The average molecular weight is 705 g/mol. The van der Waals surface area contributed by atoms with Crippen molar-refractivity contribution < 1.29 is 41.7 Å². The number of nitrogens with one attached hydrogen (secondary N) is 1. The molecule has 0 spiro atoms. The number of hydrogen-bond acceptors (Lipinski definition) is 12. The maximum atomic E-state index is 13.3. The molecule has 262 valence electrons. The number of anilines is 1. The Morgan fingerprint density at radius 3 is 2.33 bits per heavy atom. The lowest BCUT2D eigenvalue weighted by Gasteiger charge is -2.23. The van der Waals surface area contributed by atoms with Crippen LogP contribution in [0.1, 0.15) is 27.7 Å². The summed E-state index contributed by atoms with van der Waals surface area (Å²) in [6.07, 6.45) is 0. The van der Waals surface area contributed by atoms with Crippen molar-refractivity contribution in [3.05, 3.63) is 60.0 Å². The van der Waals surface area contributed by atoms with Crippen LogP contribution < -0.4 is 30.5 Å². The van der Waals surface area contributed by atoms with Crippen molar-refractivity contribution in [2.45, 2.75) is 37.5 Å². The molecule has 48 heavy (non-hydrogen) atoms. The van der Waals surface area contributed by atoms with E-state index in [-0.39, 0.29) is 31.6 Å². The molecule has 0 saturated carbocycles. The monoisotopic (exact) mass is 704 g/mol. The summed E-state index contributed by atoms with van der Waals surface area (Å²) in [4.78, 5) is 2.55. The van der Waals surface area contributed by atoms with Gasteiger partial charge in [-0.2, -0.15) is 4.33 Å². The summed E-state index contributed by atoms with van der Waals surface area (Å²) in [5.41, 5.74) is 9.25. The summed E-state index contributed by atoms with van der Waals surface area (Å²) < 4.78 is 58.1. The molecule has 4 rings (SSSR count). The Morgan fingerprint density at radius 1 is 0.917 bits per heavy atom. The van der Waals surface area contributed by atoms with E-state index in [4.69, 9.17) is 28.7 Å². The minimum Gasteiger partial charge on any atom is -0.691 e. The summed E-state index contributed by atoms with van der Waals surface area (Å²) in [5, 5.41) is 16.4. The van der Waals surface area contributed by atoms with E-state index in [0.717, 1.165) is 53.7 Å². The number of nitrogens with zero attached hydrogens (tertiary/aromatic N) is 2. The van der Waals surface area contributed by atoms with E-state index in [2.05, 4.69) is 46.9 Å². The number of benzene rings is 3. The molecule has 0 aromatic heterocycles. The van der Waals surface area contributed by atoms with Crippen LogP contribution in [0.3, 0.4) is 0 Å². The van der Waals surface area contributed by atoms with E-state index in [1.54, 1.807) is 6.07 Å². The Hall–Kier alpha value is -3.09. The summed E-state index contributed by atoms with van der Waals surface area (Å²) in [5.74, 6) is 0.656. The van der Waals surface area contributed by atoms with E-state index in [1.807, 2.05) is 36.4 Å². The van der Waals surface area contributed by atoms with E-state index in [9.17, 15) is 13.7 Å². The topological polar surface area (TPSA) is 161 Å². The molecular formula is C33H44N4O9S2. The second-order valence-electron chi connectivity index (χ2n) is 10.5. The number of ether oxygens (including phenoxy) is 3. The van der Waals surface area contributed by atoms with Gasteiger partial charge in [-0.1, -0.05) is 6.07 Å². The quantitative estimate of drug-likeness (QED) is 0.0263. The van der Waals surface area contributed by atoms with Crippen molar-refractivity contribution in [3.63, 3.8) is 0 Å². The molecule has 2 aromatic carbocycles. The summed E-state index contributed by atoms with van der Waals surface area (Å²) >= 11 is 0.628. The van der Waals surface area contributed by atoms with Gasteiger partial charge in [0.1, 0.15) is 38.0 Å². The number of rotatable bonds is 20. The molecule has 1 heterocycles. The van der Waals surface area contributed by atoms with Gasteiger partial charge in [-0.15, -0.1) is 0 Å². The van der Waals surface area contributed by atoms with Gasteiger partial charge in [0.25, 0.3) is 0 Å². The zero-order valence-electron chi connectivity index (χ0n) is 27.7. The Bertz CT molecular complexity index is 1770. The fraction of sp³-hybridized carbons (Fsp3) is 0.424. The summed E-state index contributed by atoms with van der Waals surface area (Å²) in [6.45, 7) is 12.5. The first kappa shape index (κ1) is 37.7. The largest absolute Gasteiger partial charge is 0.691 e. The molecule has 0 saturated heterocycles. The van der Waals surface area contributed by atoms with Crippen LogP contribution >= 0.6 is 12.0 Å². The second kappa shape index (κ2) is 18.6. The standard InChI is InChI=1S/C33H44N4O9S2/c1-5-36(6-2)24-9-12-27-30(19-24)44-31-20-25(37(7-3)8-4)10-13-28(31)33(27)29-14-11-26(21-32(29)47-46-45-38)48(39,40)35-16-18-42-23-43-22-41-17-15-34/h9-14,19-21,35H,5-8,15-18,22-23,34H2,1-4H3. The maximum Gasteiger partial charge on any atom is 0.240 e. The molecule has 15 heteroatoms. The average Bonchev–Trinajstić information content (AvgIpc) is 3.10. The van der Waals surface area contributed by atoms with Crippen LogP contribution in [0, 0.1) is 0 Å². The van der Waals surface area contributed by atoms with Crippen LogP contribution in [0.15, 0.2) is 68.8 Å². The van der Waals surface area contributed by atoms with Gasteiger partial charge >= 0.3 is 0 Å². The molecule has 1 aliphatic heterocycles. The predicted molar refractivity (Wildman–Crippen MR) is 183 cm³/mol. The first-order chi connectivity index (χ1) is 23.3. The third kappa shape index (κ3) is 9.32. The molecule has 0 radical (unpaired) electrons. The lowest BCUT2D eigenvalue weighted by atomic mass is 9.93. The van der Waals surface area contributed by atoms with Crippen molar-refractivity contribution in [2.75, 3.05) is 71.0 Å². The Kier molecular flexibility index (Phi) is 14.6. The highest BCUT2D eigenvalue weighted by molar-refractivity contribution is 7.94. The third-order valence-corrected chi connectivity index (χ3v) is 9.86. The molecule has 0 fully saturated rings. The van der Waals surface area contributed by atoms with Gasteiger partial charge in [0.05, 0.1) is 36.2 Å². The number of sulfonamides is 1. The number of nitrogens with two attached hydrogens (primary N) is 1. The second-order valence-corrected chi connectivity index (χ2v) is 13.0. The van der Waals surface area contributed by atoms with Crippen LogP contribution in [0.4, 0.5) is 5.69 Å². The molecule has 0 amide bonds. The van der Waals surface area contributed by atoms with E-state index in [0.29, 0.717) is 47.0 Å². The lowest BCUT2D eigenvalue weighted by Crippen LogP contribution is -2.29. The SMILES string of the molecule is CCN(CC)c1ccc2c(-c3ccc(S(=O)(=O)NCCOCOCOCCN)cc3SOO[O-])c3ccc(=[N+](CC)CC)cc-3oc2c1. The smallest absolute Gasteiger partial charge is 0.240 e. The van der Waals surface area contributed by atoms with Crippen LogP contribution in [0.2, 0.25) is 0 Å². The van der Waals surface area contributed by atoms with Gasteiger partial charge in [0, 0.05) is 65.4 Å². The molecule has 0 bridgehead atoms. The zero-order chi connectivity index (χ0) is 34.5. The molecule has 3 N–H and O–H groups in total. The molecule has 2 aromatic rings. The Morgan fingerprint density at radius 2 is 1.65 bits per heavy atom. The van der Waals surface area contributed by atoms with Crippen LogP contribution in [0.25, 0.3) is 33.4 Å². The van der Waals surface area contributed by atoms with Crippen LogP contribution in [-0.2, 0) is 33.6 Å². The number of hydrogen-bond donors (Lipinski definition) is 2. The number of fused-ring (bicyclic) bond motifs is 2. The molecule has 13 nitrogen and oxygen atoms in total. The fourth-order valence-corrected chi connectivity index (χ4v) is 7.06. The van der Waals surface area contributed by atoms with Gasteiger partial charge in [0.2, 0.25) is 15.4 Å². The molecular weight excluding hydrogens is 661 g/mol. The van der Waals surface area contributed by atoms with Crippen molar-refractivity contribution in [2.24, 2.45) is 5.73 Å². The highest BCUT2D eigenvalue weighted by Crippen LogP contribution is 2.44. The Balaban J connectivity index is 1.77. The van der Waals surface area contributed by atoms with Crippen molar-refractivity contribution in [3.8, 4) is 22.5 Å². The highest BCUT2D eigenvalue weighted by atomic mass is 32.2. The molecule has 2 aliphatic rings. The summed E-state index contributed by atoms with van der Waals surface area (Å²) in [7, 11) is -3.97. The van der Waals surface area contributed by atoms with E-state index >= 15 is 0 Å². The Labute approximate surface area is 285 Å². The van der Waals surface area contributed by atoms with Crippen molar-refractivity contribution in [1.82, 2.24) is 9.30 Å². The van der Waals surface area contributed by atoms with Gasteiger partial charge in [-0.25, -0.2) is 17.7 Å². The molecule has 0 unspecified atom stereocenters. The fourth-order valence-electron chi connectivity index (χ4n) is 5.41. The zero-order valence-corrected chi connectivity index (χ0v) is 29.4. The highest BCUT2D eigenvalue weighted by Gasteiger charge is 2.24. The third-order valence-electron chi connectivity index (χ3n) is 7.76. The minimum absolute atomic E-state index is 0.00104. The molecule has 1 aliphatic carbocycles. The molecule has 0 atom stereocenters. The predicted octanol–water partition coefficient (Wildman–Crippen LogP) is 3.30. The van der Waals surface area contributed by atoms with Crippen molar-refractivity contribution in [1.29, 1.82) is 0 Å². The van der Waals surface area contributed by atoms with Crippen molar-refractivity contribution >= 4 is 38.7 Å². The van der Waals surface area contributed by atoms with E-state index < -0.39 is 10.0 Å². The van der Waals surface area contributed by atoms with Gasteiger partial charge in [-0.3, -0.25) is 5.04 Å². The summed E-state index contributed by atoms with van der Waals surface area (Å²) in [6, 6.07) is 16.8. The maximum absolute atomic E-state index is 13.3. The van der Waals surface area contributed by atoms with Crippen LogP contribution in [-0.4, -0.2) is 74.5 Å². The first-order valence-corrected chi connectivity index (χ1v) is 18.1.